The molecule has 152 valence electrons. The second-order valence-electron chi connectivity index (χ2n) is 8.06. The van der Waals surface area contributed by atoms with E-state index >= 15 is 0 Å². The number of nitrogens with one attached hydrogen (secondary N) is 1. The molecule has 3 fully saturated rings. The maximum atomic E-state index is 13.4. The number of ether oxygens (including phenoxy) is 1. The van der Waals surface area contributed by atoms with Crippen LogP contribution >= 0.6 is 0 Å². The summed E-state index contributed by atoms with van der Waals surface area (Å²) in [6.45, 7) is 3.96. The molecule has 4 rings (SSSR count). The lowest BCUT2D eigenvalue weighted by atomic mass is 9.77. The third kappa shape index (κ3) is 3.89. The molecule has 6 nitrogen and oxygen atoms in total. The first-order chi connectivity index (χ1) is 13.5. The molecule has 0 aliphatic carbocycles. The average Bonchev–Trinajstić information content (AvgIpc) is 3.00. The molecule has 28 heavy (non-hydrogen) atoms. The molecular formula is C20H25F2N3O3. The number of hydrogen-bond acceptors (Lipinski definition) is 4. The van der Waals surface area contributed by atoms with Gasteiger partial charge in [-0.3, -0.25) is 9.59 Å². The van der Waals surface area contributed by atoms with Gasteiger partial charge in [0.1, 0.15) is 6.10 Å². The number of nitrogens with zero attached hydrogens (tertiary/aromatic N) is 2. The Morgan fingerprint density at radius 1 is 1.25 bits per heavy atom. The largest absolute Gasteiger partial charge is 0.366 e. The molecule has 0 bridgehead atoms. The van der Waals surface area contributed by atoms with Crippen LogP contribution < -0.4 is 5.32 Å². The first-order valence-electron chi connectivity index (χ1n) is 9.79. The second-order valence-corrected chi connectivity index (χ2v) is 8.06. The first kappa shape index (κ1) is 19.3. The molecule has 1 aromatic carbocycles. The first-order valence-corrected chi connectivity index (χ1v) is 9.79. The average molecular weight is 393 g/mol. The van der Waals surface area contributed by atoms with Gasteiger partial charge in [-0.25, -0.2) is 8.78 Å². The van der Waals surface area contributed by atoms with E-state index in [1.54, 1.807) is 4.90 Å². The van der Waals surface area contributed by atoms with Crippen LogP contribution in [0, 0.1) is 17.0 Å². The number of morpholine rings is 1. The molecule has 2 amide bonds. The highest BCUT2D eigenvalue weighted by Gasteiger charge is 2.46. The van der Waals surface area contributed by atoms with Crippen LogP contribution in [0.4, 0.5) is 8.78 Å². The van der Waals surface area contributed by atoms with E-state index in [2.05, 4.69) is 5.32 Å². The number of piperidine rings is 1. The fraction of sp³-hybridized carbons (Fsp3) is 0.600. The molecule has 3 saturated heterocycles. The Balaban J connectivity index is 1.34. The van der Waals surface area contributed by atoms with Gasteiger partial charge < -0.3 is 19.9 Å². The highest BCUT2D eigenvalue weighted by molar-refractivity contribution is 5.82. The number of rotatable bonds is 3. The van der Waals surface area contributed by atoms with Gasteiger partial charge in [0.05, 0.1) is 6.61 Å². The Morgan fingerprint density at radius 3 is 2.71 bits per heavy atom. The van der Waals surface area contributed by atoms with Gasteiger partial charge in [0.25, 0.3) is 5.91 Å². The number of likely N-dealkylation sites (tertiary alicyclic amines) is 2. The third-order valence-corrected chi connectivity index (χ3v) is 6.10. The topological polar surface area (TPSA) is 61.9 Å². The fourth-order valence-electron chi connectivity index (χ4n) is 4.45. The molecule has 1 atom stereocenters. The molecule has 3 aliphatic rings. The van der Waals surface area contributed by atoms with Crippen molar-refractivity contribution in [1.29, 1.82) is 0 Å². The van der Waals surface area contributed by atoms with Gasteiger partial charge in [-0.2, -0.15) is 0 Å². The summed E-state index contributed by atoms with van der Waals surface area (Å²) in [6, 6.07) is 3.75. The van der Waals surface area contributed by atoms with Crippen LogP contribution in [0.25, 0.3) is 0 Å². The minimum atomic E-state index is -0.898. The lowest BCUT2D eigenvalue weighted by Crippen LogP contribution is -2.52. The minimum Gasteiger partial charge on any atom is -0.366 e. The van der Waals surface area contributed by atoms with Crippen LogP contribution in [-0.4, -0.2) is 67.0 Å². The Hall–Kier alpha value is -2.06. The maximum Gasteiger partial charge on any atom is 0.253 e. The Bertz CT molecular complexity index is 759. The fourth-order valence-corrected chi connectivity index (χ4v) is 4.45. The van der Waals surface area contributed by atoms with E-state index in [1.165, 1.54) is 6.07 Å². The number of carbonyl (C=O) groups excluding carboxylic acids is 2. The van der Waals surface area contributed by atoms with E-state index in [1.807, 2.05) is 4.90 Å². The van der Waals surface area contributed by atoms with E-state index < -0.39 is 17.7 Å². The molecule has 3 heterocycles. The third-order valence-electron chi connectivity index (χ3n) is 6.10. The number of carbonyl (C=O) groups is 2. The lowest BCUT2D eigenvalue weighted by molar-refractivity contribution is -0.147. The summed E-state index contributed by atoms with van der Waals surface area (Å²) in [5.41, 5.74) is 0.442. The van der Waals surface area contributed by atoms with Crippen molar-refractivity contribution in [3.8, 4) is 0 Å². The zero-order valence-electron chi connectivity index (χ0n) is 15.8. The van der Waals surface area contributed by atoms with Crippen LogP contribution in [0.15, 0.2) is 18.2 Å². The summed E-state index contributed by atoms with van der Waals surface area (Å²) in [7, 11) is 0. The molecule has 0 aromatic heterocycles. The van der Waals surface area contributed by atoms with Gasteiger partial charge in [0.2, 0.25) is 5.91 Å². The predicted octanol–water partition coefficient (Wildman–Crippen LogP) is 1.29. The van der Waals surface area contributed by atoms with Crippen molar-refractivity contribution in [3.05, 3.63) is 35.4 Å². The van der Waals surface area contributed by atoms with Crippen molar-refractivity contribution in [2.24, 2.45) is 5.41 Å². The van der Waals surface area contributed by atoms with Crippen molar-refractivity contribution in [1.82, 2.24) is 15.1 Å². The van der Waals surface area contributed by atoms with Crippen LogP contribution in [0.3, 0.4) is 0 Å². The van der Waals surface area contributed by atoms with E-state index in [4.69, 9.17) is 4.74 Å². The number of hydrogen-bond donors (Lipinski definition) is 1. The van der Waals surface area contributed by atoms with E-state index in [-0.39, 0.29) is 23.8 Å². The molecule has 1 spiro atoms. The summed E-state index contributed by atoms with van der Waals surface area (Å²) in [4.78, 5) is 28.7. The molecule has 1 N–H and O–H groups in total. The number of amides is 2. The van der Waals surface area contributed by atoms with E-state index in [9.17, 15) is 18.4 Å². The van der Waals surface area contributed by atoms with Crippen LogP contribution in [0.1, 0.15) is 24.8 Å². The van der Waals surface area contributed by atoms with Crippen LogP contribution in [0.5, 0.6) is 0 Å². The zero-order valence-corrected chi connectivity index (χ0v) is 15.8. The van der Waals surface area contributed by atoms with Gasteiger partial charge in [-0.05, 0) is 30.5 Å². The minimum absolute atomic E-state index is 0.0185. The summed E-state index contributed by atoms with van der Waals surface area (Å²) in [5.74, 6) is -1.73. The molecule has 1 unspecified atom stereocenters. The van der Waals surface area contributed by atoms with E-state index in [0.29, 0.717) is 44.8 Å². The Kier molecular flexibility index (Phi) is 5.33. The van der Waals surface area contributed by atoms with Crippen molar-refractivity contribution in [3.63, 3.8) is 0 Å². The number of benzene rings is 1. The van der Waals surface area contributed by atoms with Gasteiger partial charge in [0, 0.05) is 51.1 Å². The predicted molar refractivity (Wildman–Crippen MR) is 97.2 cm³/mol. The van der Waals surface area contributed by atoms with Crippen LogP contribution in [0.2, 0.25) is 0 Å². The van der Waals surface area contributed by atoms with Gasteiger partial charge in [-0.15, -0.1) is 0 Å². The molecule has 0 saturated carbocycles. The lowest BCUT2D eigenvalue weighted by Gasteiger charge is -2.40. The standard InChI is InChI=1S/C20H25F2N3O3/c21-15-2-1-14(9-16(15)22)12-25-13-20(10-18(25)26)3-6-24(7-4-20)19(27)17-11-23-5-8-28-17/h1-2,9,17,23H,3-8,10-13H2. The van der Waals surface area contributed by atoms with Crippen molar-refractivity contribution in [2.45, 2.75) is 31.9 Å². The Labute approximate surface area is 162 Å². The summed E-state index contributed by atoms with van der Waals surface area (Å²) in [5, 5.41) is 3.17. The molecule has 0 radical (unpaired) electrons. The molecule has 1 aromatic rings. The molecular weight excluding hydrogens is 368 g/mol. The second kappa shape index (κ2) is 7.75. The highest BCUT2D eigenvalue weighted by atomic mass is 19.2. The zero-order chi connectivity index (χ0) is 19.7. The van der Waals surface area contributed by atoms with Crippen molar-refractivity contribution >= 4 is 11.8 Å². The quantitative estimate of drug-likeness (QED) is 0.841. The SMILES string of the molecule is O=C1CC2(CCN(C(=O)C3CNCCO3)CC2)CN1Cc1ccc(F)c(F)c1. The van der Waals surface area contributed by atoms with Crippen molar-refractivity contribution < 1.29 is 23.1 Å². The normalized spacial score (nSPS) is 24.8. The molecule has 8 heteroatoms. The molecule has 3 aliphatic heterocycles. The van der Waals surface area contributed by atoms with Crippen molar-refractivity contribution in [2.75, 3.05) is 39.3 Å². The van der Waals surface area contributed by atoms with E-state index in [0.717, 1.165) is 31.5 Å². The van der Waals surface area contributed by atoms with Gasteiger partial charge in [0.15, 0.2) is 11.6 Å². The van der Waals surface area contributed by atoms with Gasteiger partial charge >= 0.3 is 0 Å². The summed E-state index contributed by atoms with van der Waals surface area (Å²) in [6.07, 6.45) is 1.55. The summed E-state index contributed by atoms with van der Waals surface area (Å²) < 4.78 is 32.1. The summed E-state index contributed by atoms with van der Waals surface area (Å²) >= 11 is 0. The smallest absolute Gasteiger partial charge is 0.253 e. The van der Waals surface area contributed by atoms with Gasteiger partial charge in [-0.1, -0.05) is 6.07 Å². The van der Waals surface area contributed by atoms with Crippen LogP contribution in [-0.2, 0) is 20.9 Å². The number of halogens is 2. The highest BCUT2D eigenvalue weighted by Crippen LogP contribution is 2.41. The monoisotopic (exact) mass is 393 g/mol. The Morgan fingerprint density at radius 2 is 2.04 bits per heavy atom. The maximum absolute atomic E-state index is 13.4.